The second-order valence-corrected chi connectivity index (χ2v) is 7.05. The third kappa shape index (κ3) is 3.62. The van der Waals surface area contributed by atoms with Crippen molar-refractivity contribution in [3.63, 3.8) is 0 Å². The van der Waals surface area contributed by atoms with Gasteiger partial charge in [0.2, 0.25) is 0 Å². The first kappa shape index (κ1) is 14.8. The van der Waals surface area contributed by atoms with Crippen LogP contribution in [0, 0.1) is 0 Å². The first-order valence-electron chi connectivity index (χ1n) is 4.40. The Bertz CT molecular complexity index is 448. The van der Waals surface area contributed by atoms with Gasteiger partial charge >= 0.3 is 13.3 Å². The number of thiazole rings is 1. The van der Waals surface area contributed by atoms with Crippen molar-refractivity contribution >= 4 is 35.8 Å². The molecule has 0 aliphatic rings. The summed E-state index contributed by atoms with van der Waals surface area (Å²) in [5.41, 5.74) is 1.76. The Morgan fingerprint density at radius 2 is 2.18 bits per heavy atom. The molecular weight excluding hydrogens is 293 g/mol. The van der Waals surface area contributed by atoms with E-state index in [0.717, 1.165) is 11.3 Å². The number of halogens is 2. The largest absolute Gasteiger partial charge is 0.394 e. The molecule has 0 aliphatic carbocycles. The second kappa shape index (κ2) is 5.19. The maximum absolute atomic E-state index is 13.0. The minimum Gasteiger partial charge on any atom is -0.375 e. The van der Waals surface area contributed by atoms with Crippen LogP contribution in [0.2, 0.25) is 0 Å². The molecule has 0 radical (unpaired) electrons. The Kier molecular flexibility index (Phi) is 4.54. The SMILES string of the molecule is CSc1sc(N)nc1CCC(F)(F)P(=O)(O)O. The van der Waals surface area contributed by atoms with Crippen molar-refractivity contribution < 1.29 is 23.1 Å². The van der Waals surface area contributed by atoms with E-state index in [1.807, 2.05) is 0 Å². The molecule has 0 fully saturated rings. The number of rotatable bonds is 5. The van der Waals surface area contributed by atoms with Crippen LogP contribution in [-0.2, 0) is 11.0 Å². The van der Waals surface area contributed by atoms with E-state index in [2.05, 4.69) is 4.98 Å². The van der Waals surface area contributed by atoms with E-state index in [1.165, 1.54) is 11.8 Å². The van der Waals surface area contributed by atoms with Crippen molar-refractivity contribution in [2.24, 2.45) is 0 Å². The summed E-state index contributed by atoms with van der Waals surface area (Å²) in [5, 5.41) is 0.254. The van der Waals surface area contributed by atoms with Crippen LogP contribution >= 0.6 is 30.7 Å². The average molecular weight is 304 g/mol. The molecule has 0 spiro atoms. The lowest BCUT2D eigenvalue weighted by Gasteiger charge is -2.16. The fourth-order valence-corrected chi connectivity index (χ4v) is 3.07. The van der Waals surface area contributed by atoms with Crippen molar-refractivity contribution in [3.05, 3.63) is 5.69 Å². The zero-order valence-electron chi connectivity index (χ0n) is 8.76. The lowest BCUT2D eigenvalue weighted by Crippen LogP contribution is -2.17. The molecule has 0 unspecified atom stereocenters. The van der Waals surface area contributed by atoms with E-state index < -0.39 is 19.7 Å². The van der Waals surface area contributed by atoms with Gasteiger partial charge < -0.3 is 15.5 Å². The maximum Gasteiger partial charge on any atom is 0.394 e. The van der Waals surface area contributed by atoms with Crippen LogP contribution in [0.15, 0.2) is 4.21 Å². The van der Waals surface area contributed by atoms with Crippen LogP contribution in [0.1, 0.15) is 12.1 Å². The van der Waals surface area contributed by atoms with Gasteiger partial charge in [0.05, 0.1) is 9.90 Å². The summed E-state index contributed by atoms with van der Waals surface area (Å²) in [6.45, 7) is 0. The molecule has 0 amide bonds. The van der Waals surface area contributed by atoms with Crippen LogP contribution in [0.4, 0.5) is 13.9 Å². The highest BCUT2D eigenvalue weighted by atomic mass is 32.2. The van der Waals surface area contributed by atoms with Gasteiger partial charge in [-0.3, -0.25) is 4.57 Å². The number of nitrogens with two attached hydrogens (primary N) is 1. The minimum atomic E-state index is -5.42. The zero-order valence-corrected chi connectivity index (χ0v) is 11.3. The van der Waals surface area contributed by atoms with Crippen LogP contribution in [0.3, 0.4) is 0 Å². The number of thioether (sulfide) groups is 1. The van der Waals surface area contributed by atoms with Crippen LogP contribution in [0.5, 0.6) is 0 Å². The minimum absolute atomic E-state index is 0.220. The smallest absolute Gasteiger partial charge is 0.375 e. The predicted octanol–water partition coefficient (Wildman–Crippen LogP) is 2.15. The topological polar surface area (TPSA) is 96.4 Å². The third-order valence-corrected chi connectivity index (χ3v) is 5.11. The molecule has 17 heavy (non-hydrogen) atoms. The molecule has 5 nitrogen and oxygen atoms in total. The van der Waals surface area contributed by atoms with Gasteiger partial charge in [-0.2, -0.15) is 8.78 Å². The standard InChI is InChI=1S/C7H11F2N2O3PS2/c1-16-5-4(11-6(10)17-5)2-3-7(8,9)15(12,13)14/h2-3H2,1H3,(H2,10,11)(H2,12,13,14). The Morgan fingerprint density at radius 1 is 1.59 bits per heavy atom. The molecule has 98 valence electrons. The van der Waals surface area contributed by atoms with Crippen molar-refractivity contribution in [3.8, 4) is 0 Å². The molecule has 1 aromatic rings. The molecule has 0 atom stereocenters. The molecule has 0 aliphatic heterocycles. The molecule has 1 rings (SSSR count). The van der Waals surface area contributed by atoms with Gasteiger partial charge in [0.15, 0.2) is 5.13 Å². The number of hydrogen-bond donors (Lipinski definition) is 3. The van der Waals surface area contributed by atoms with E-state index in [-0.39, 0.29) is 11.6 Å². The average Bonchev–Trinajstić information content (AvgIpc) is 2.54. The van der Waals surface area contributed by atoms with E-state index in [0.29, 0.717) is 9.90 Å². The molecule has 1 heterocycles. The molecule has 0 saturated carbocycles. The number of alkyl halides is 2. The van der Waals surface area contributed by atoms with Gasteiger partial charge in [-0.25, -0.2) is 4.98 Å². The summed E-state index contributed by atoms with van der Waals surface area (Å²) in [6.07, 6.45) is 0.577. The highest BCUT2D eigenvalue weighted by molar-refractivity contribution is 8.00. The predicted molar refractivity (Wildman–Crippen MR) is 63.6 cm³/mol. The molecular formula is C7H11F2N2O3PS2. The second-order valence-electron chi connectivity index (χ2n) is 3.20. The van der Waals surface area contributed by atoms with E-state index in [4.69, 9.17) is 15.5 Å². The maximum atomic E-state index is 13.0. The summed E-state index contributed by atoms with van der Waals surface area (Å²) >= 11 is 2.47. The number of aromatic nitrogens is 1. The number of nitrogen functional groups attached to an aromatic ring is 1. The fourth-order valence-electron chi connectivity index (χ4n) is 1.09. The molecule has 0 aromatic carbocycles. The van der Waals surface area contributed by atoms with Gasteiger partial charge in [-0.05, 0) is 12.7 Å². The monoisotopic (exact) mass is 304 g/mol. The van der Waals surface area contributed by atoms with E-state index >= 15 is 0 Å². The lowest BCUT2D eigenvalue weighted by molar-refractivity contribution is 0.0503. The number of aryl methyl sites for hydroxylation is 1. The summed E-state index contributed by atoms with van der Waals surface area (Å²) in [5.74, 6) is 0. The third-order valence-electron chi connectivity index (χ3n) is 1.95. The van der Waals surface area contributed by atoms with Gasteiger partial charge in [0.25, 0.3) is 0 Å². The van der Waals surface area contributed by atoms with Crippen molar-refractivity contribution in [1.82, 2.24) is 4.98 Å². The van der Waals surface area contributed by atoms with Gasteiger partial charge in [0, 0.05) is 6.42 Å². The van der Waals surface area contributed by atoms with Crippen LogP contribution < -0.4 is 5.73 Å². The van der Waals surface area contributed by atoms with Gasteiger partial charge in [-0.15, -0.1) is 11.8 Å². The molecule has 0 bridgehead atoms. The zero-order chi connectivity index (χ0) is 13.3. The number of anilines is 1. The fraction of sp³-hybridized carbons (Fsp3) is 0.571. The van der Waals surface area contributed by atoms with Crippen molar-refractivity contribution in [2.45, 2.75) is 22.7 Å². The first-order valence-corrected chi connectivity index (χ1v) is 8.05. The highest BCUT2D eigenvalue weighted by Gasteiger charge is 2.48. The summed E-state index contributed by atoms with van der Waals surface area (Å²) in [6, 6.07) is 0. The Balaban J connectivity index is 2.77. The van der Waals surface area contributed by atoms with Crippen LogP contribution in [-0.4, -0.2) is 26.7 Å². The Hall–Kier alpha value is -0.210. The molecule has 10 heteroatoms. The van der Waals surface area contributed by atoms with E-state index in [1.54, 1.807) is 6.26 Å². The van der Waals surface area contributed by atoms with Crippen molar-refractivity contribution in [2.75, 3.05) is 12.0 Å². The Morgan fingerprint density at radius 3 is 2.65 bits per heavy atom. The summed E-state index contributed by atoms with van der Waals surface area (Å²) in [7, 11) is -5.42. The lowest BCUT2D eigenvalue weighted by atomic mass is 10.2. The number of hydrogen-bond acceptors (Lipinski definition) is 5. The van der Waals surface area contributed by atoms with Crippen molar-refractivity contribution in [1.29, 1.82) is 0 Å². The van der Waals surface area contributed by atoms with Gasteiger partial charge in [-0.1, -0.05) is 11.3 Å². The van der Waals surface area contributed by atoms with Gasteiger partial charge in [0.1, 0.15) is 0 Å². The number of nitrogens with zero attached hydrogens (tertiary/aromatic N) is 1. The normalized spacial score (nSPS) is 13.0. The first-order chi connectivity index (χ1) is 7.67. The van der Waals surface area contributed by atoms with E-state index in [9.17, 15) is 13.3 Å². The Labute approximate surface area is 105 Å². The molecule has 1 aromatic heterocycles. The summed E-state index contributed by atoms with van der Waals surface area (Å²) < 4.78 is 37.3. The van der Waals surface area contributed by atoms with Crippen LogP contribution in [0.25, 0.3) is 0 Å². The highest BCUT2D eigenvalue weighted by Crippen LogP contribution is 2.55. The molecule has 4 N–H and O–H groups in total. The molecule has 0 saturated heterocycles. The summed E-state index contributed by atoms with van der Waals surface area (Å²) in [4.78, 5) is 20.8. The quantitative estimate of drug-likeness (QED) is 0.570.